The van der Waals surface area contributed by atoms with Gasteiger partial charge < -0.3 is 15.5 Å². The first-order chi connectivity index (χ1) is 11.5. The lowest BCUT2D eigenvalue weighted by atomic mass is 10.0. The second kappa shape index (κ2) is 8.55. The van der Waals surface area contributed by atoms with E-state index in [9.17, 15) is 9.59 Å². The van der Waals surface area contributed by atoms with E-state index in [0.29, 0.717) is 30.9 Å². The number of anilines is 1. The van der Waals surface area contributed by atoms with Gasteiger partial charge in [-0.2, -0.15) is 5.26 Å². The van der Waals surface area contributed by atoms with E-state index in [1.165, 1.54) is 0 Å². The molecule has 1 aliphatic heterocycles. The fourth-order valence-corrected chi connectivity index (χ4v) is 2.85. The molecule has 0 bridgehead atoms. The van der Waals surface area contributed by atoms with E-state index in [2.05, 4.69) is 16.7 Å². The number of nitrogens with one attached hydrogen (secondary N) is 2. The first kappa shape index (κ1) is 18.1. The number of halogens is 1. The van der Waals surface area contributed by atoms with Crippen molar-refractivity contribution in [1.29, 1.82) is 5.26 Å². The van der Waals surface area contributed by atoms with E-state index in [4.69, 9.17) is 16.9 Å². The summed E-state index contributed by atoms with van der Waals surface area (Å²) in [7, 11) is 0. The van der Waals surface area contributed by atoms with Gasteiger partial charge in [0, 0.05) is 25.3 Å². The van der Waals surface area contributed by atoms with Crippen molar-refractivity contribution < 1.29 is 9.59 Å². The van der Waals surface area contributed by atoms with Gasteiger partial charge in [-0.25, -0.2) is 4.79 Å². The zero-order valence-electron chi connectivity index (χ0n) is 13.6. The maximum absolute atomic E-state index is 12.3. The van der Waals surface area contributed by atoms with E-state index in [0.717, 1.165) is 19.3 Å². The van der Waals surface area contributed by atoms with Crippen LogP contribution >= 0.6 is 11.6 Å². The average molecular weight is 349 g/mol. The third-order valence-electron chi connectivity index (χ3n) is 3.89. The zero-order valence-corrected chi connectivity index (χ0v) is 14.4. The molecule has 1 aromatic rings. The van der Waals surface area contributed by atoms with Crippen LogP contribution < -0.4 is 10.6 Å². The molecule has 1 atom stereocenters. The highest BCUT2D eigenvalue weighted by atomic mass is 35.5. The third kappa shape index (κ3) is 4.62. The lowest BCUT2D eigenvalue weighted by molar-refractivity contribution is 0.0954. The van der Waals surface area contributed by atoms with Gasteiger partial charge in [0.05, 0.1) is 22.6 Å². The molecule has 0 radical (unpaired) electrons. The summed E-state index contributed by atoms with van der Waals surface area (Å²) in [5.41, 5.74) is 0.904. The van der Waals surface area contributed by atoms with Crippen LogP contribution in [0.3, 0.4) is 0 Å². The third-order valence-corrected chi connectivity index (χ3v) is 4.20. The fourth-order valence-electron chi connectivity index (χ4n) is 2.58. The molecule has 24 heavy (non-hydrogen) atoms. The fraction of sp³-hybridized carbons (Fsp3) is 0.471. The van der Waals surface area contributed by atoms with Crippen LogP contribution in [-0.4, -0.2) is 36.5 Å². The van der Waals surface area contributed by atoms with Gasteiger partial charge in [0.1, 0.15) is 0 Å². The summed E-state index contributed by atoms with van der Waals surface area (Å²) in [6, 6.07) is 6.76. The van der Waals surface area contributed by atoms with E-state index >= 15 is 0 Å². The number of benzene rings is 1. The molecule has 7 heteroatoms. The number of hydrogen-bond donors (Lipinski definition) is 2. The van der Waals surface area contributed by atoms with Crippen LogP contribution in [0, 0.1) is 17.2 Å². The van der Waals surface area contributed by atoms with Crippen molar-refractivity contribution in [3.05, 3.63) is 28.8 Å². The Balaban J connectivity index is 2.00. The summed E-state index contributed by atoms with van der Waals surface area (Å²) in [4.78, 5) is 25.9. The number of urea groups is 1. The summed E-state index contributed by atoms with van der Waals surface area (Å²) in [5.74, 6) is -0.342. The Hall–Kier alpha value is -2.26. The molecule has 0 saturated carbocycles. The van der Waals surface area contributed by atoms with Crippen molar-refractivity contribution in [1.82, 2.24) is 10.2 Å². The Labute approximate surface area is 146 Å². The first-order valence-electron chi connectivity index (χ1n) is 8.08. The molecule has 6 nitrogen and oxygen atoms in total. The van der Waals surface area contributed by atoms with Gasteiger partial charge in [-0.1, -0.05) is 18.5 Å². The van der Waals surface area contributed by atoms with Crippen LogP contribution in [0.1, 0.15) is 36.5 Å². The molecule has 0 aliphatic carbocycles. The molecule has 128 valence electrons. The molecule has 1 aromatic carbocycles. The summed E-state index contributed by atoms with van der Waals surface area (Å²) in [6.45, 7) is 3.63. The quantitative estimate of drug-likeness (QED) is 0.875. The smallest absolute Gasteiger partial charge is 0.321 e. The molecule has 1 heterocycles. The highest BCUT2D eigenvalue weighted by molar-refractivity contribution is 6.34. The predicted octanol–water partition coefficient (Wildman–Crippen LogP) is 3.25. The van der Waals surface area contributed by atoms with Crippen molar-refractivity contribution in [2.75, 3.05) is 25.0 Å². The number of nitriles is 1. The zero-order chi connectivity index (χ0) is 17.5. The van der Waals surface area contributed by atoms with Crippen LogP contribution in [0.15, 0.2) is 18.2 Å². The molecular weight excluding hydrogens is 328 g/mol. The molecular formula is C17H21ClN4O2. The lowest BCUT2D eigenvalue weighted by Crippen LogP contribution is -2.42. The highest BCUT2D eigenvalue weighted by Gasteiger charge is 2.23. The normalized spacial score (nSPS) is 17.0. The molecule has 1 saturated heterocycles. The van der Waals surface area contributed by atoms with Crippen LogP contribution in [0.5, 0.6) is 0 Å². The topological polar surface area (TPSA) is 85.2 Å². The molecule has 3 amide bonds. The Morgan fingerprint density at radius 1 is 1.46 bits per heavy atom. The van der Waals surface area contributed by atoms with Crippen molar-refractivity contribution in [2.45, 2.75) is 26.2 Å². The van der Waals surface area contributed by atoms with Gasteiger partial charge in [-0.15, -0.1) is 0 Å². The molecule has 2 N–H and O–H groups in total. The Morgan fingerprint density at radius 3 is 2.92 bits per heavy atom. The number of carbonyl (C=O) groups is 2. The Bertz CT molecular complexity index is 656. The Morgan fingerprint density at radius 2 is 2.25 bits per heavy atom. The van der Waals surface area contributed by atoms with E-state index in [-0.39, 0.29) is 22.9 Å². The molecule has 0 unspecified atom stereocenters. The van der Waals surface area contributed by atoms with Crippen molar-refractivity contribution in [3.8, 4) is 6.07 Å². The van der Waals surface area contributed by atoms with Gasteiger partial charge in [0.25, 0.3) is 5.91 Å². The van der Waals surface area contributed by atoms with E-state index in [1.54, 1.807) is 23.1 Å². The molecule has 0 aromatic heterocycles. The van der Waals surface area contributed by atoms with Gasteiger partial charge in [0.2, 0.25) is 0 Å². The van der Waals surface area contributed by atoms with Crippen molar-refractivity contribution >= 4 is 29.2 Å². The highest BCUT2D eigenvalue weighted by Crippen LogP contribution is 2.22. The largest absolute Gasteiger partial charge is 0.352 e. The summed E-state index contributed by atoms with van der Waals surface area (Å²) in [6.07, 6.45) is 2.49. The number of carbonyl (C=O) groups excluding carboxylic acids is 2. The number of piperidine rings is 1. The average Bonchev–Trinajstić information content (AvgIpc) is 2.59. The second-order valence-electron chi connectivity index (χ2n) is 5.79. The first-order valence-corrected chi connectivity index (χ1v) is 8.46. The van der Waals surface area contributed by atoms with Crippen LogP contribution in [-0.2, 0) is 0 Å². The van der Waals surface area contributed by atoms with Gasteiger partial charge in [-0.3, -0.25) is 4.79 Å². The van der Waals surface area contributed by atoms with Gasteiger partial charge in [0.15, 0.2) is 0 Å². The number of likely N-dealkylation sites (tertiary alicyclic amines) is 1. The van der Waals surface area contributed by atoms with Crippen LogP contribution in [0.4, 0.5) is 10.5 Å². The minimum atomic E-state index is -0.255. The number of rotatable bonds is 4. The summed E-state index contributed by atoms with van der Waals surface area (Å²) >= 11 is 6.15. The molecule has 0 spiro atoms. The number of hydrogen-bond acceptors (Lipinski definition) is 3. The minimum absolute atomic E-state index is 0.113. The van der Waals surface area contributed by atoms with Crippen LogP contribution in [0.2, 0.25) is 5.02 Å². The molecule has 1 aliphatic rings. The van der Waals surface area contributed by atoms with Crippen molar-refractivity contribution in [3.63, 3.8) is 0 Å². The maximum Gasteiger partial charge on any atom is 0.321 e. The van der Waals surface area contributed by atoms with E-state index in [1.807, 2.05) is 6.92 Å². The monoisotopic (exact) mass is 348 g/mol. The number of nitrogens with zero attached hydrogens (tertiary/aromatic N) is 2. The maximum atomic E-state index is 12.3. The minimum Gasteiger partial charge on any atom is -0.352 e. The van der Waals surface area contributed by atoms with Crippen LogP contribution in [0.25, 0.3) is 0 Å². The Kier molecular flexibility index (Phi) is 6.44. The predicted molar refractivity (Wildman–Crippen MR) is 93.0 cm³/mol. The van der Waals surface area contributed by atoms with Crippen molar-refractivity contribution in [2.24, 2.45) is 5.92 Å². The van der Waals surface area contributed by atoms with E-state index < -0.39 is 0 Å². The molecule has 2 rings (SSSR count). The molecule has 1 fully saturated rings. The lowest BCUT2D eigenvalue weighted by Gasteiger charge is -2.29. The summed E-state index contributed by atoms with van der Waals surface area (Å²) < 4.78 is 0. The van der Waals surface area contributed by atoms with Gasteiger partial charge in [-0.05, 0) is 37.5 Å². The number of amides is 3. The second-order valence-corrected chi connectivity index (χ2v) is 6.20. The standard InChI is InChI=1S/C17H21ClN4O2/c1-2-7-20-16(23)14-6-5-13(9-15(14)18)21-17(24)22-8-3-4-12(10-19)11-22/h5-6,9,12H,2-4,7-8,11H2,1H3,(H,20,23)(H,21,24)/t12-/m1/s1. The summed E-state index contributed by atoms with van der Waals surface area (Å²) in [5, 5.41) is 14.8. The SMILES string of the molecule is CCCNC(=O)c1ccc(NC(=O)N2CCC[C@H](C#N)C2)cc1Cl. The van der Waals surface area contributed by atoms with Gasteiger partial charge >= 0.3 is 6.03 Å².